The van der Waals surface area contributed by atoms with E-state index in [0.29, 0.717) is 29.6 Å². The number of nitrogens with one attached hydrogen (secondary N) is 1. The number of anilines is 1. The molecule has 0 aliphatic carbocycles. The van der Waals surface area contributed by atoms with Gasteiger partial charge < -0.3 is 19.5 Å². The average molecular weight is 377 g/mol. The summed E-state index contributed by atoms with van der Waals surface area (Å²) in [6.45, 7) is 1.22. The molecule has 1 atom stereocenters. The molecule has 2 aromatic rings. The van der Waals surface area contributed by atoms with Gasteiger partial charge in [-0.1, -0.05) is 23.7 Å². The standard InChI is InChI=1S/C19H21ClN2O4/c1-22(10-14-12-25-17-5-3-4-6-18(17)26-14)11-19(23)21-15-9-13(20)7-8-16(15)24-2/h3-9,14H,10-12H2,1-2H3,(H,21,23). The lowest BCUT2D eigenvalue weighted by molar-refractivity contribution is -0.117. The number of hydrogen-bond donors (Lipinski definition) is 1. The number of fused-ring (bicyclic) bond motifs is 1. The molecule has 1 aliphatic rings. The van der Waals surface area contributed by atoms with Gasteiger partial charge in [-0.3, -0.25) is 9.69 Å². The Morgan fingerprint density at radius 1 is 1.31 bits per heavy atom. The van der Waals surface area contributed by atoms with Crippen molar-refractivity contribution in [2.45, 2.75) is 6.10 Å². The Morgan fingerprint density at radius 2 is 2.08 bits per heavy atom. The second-order valence-electron chi connectivity index (χ2n) is 6.09. The molecule has 0 fully saturated rings. The molecule has 26 heavy (non-hydrogen) atoms. The molecular weight excluding hydrogens is 356 g/mol. The molecular formula is C19H21ClN2O4. The number of para-hydroxylation sites is 2. The van der Waals surface area contributed by atoms with E-state index in [1.807, 2.05) is 36.2 Å². The Balaban J connectivity index is 1.53. The normalized spacial score (nSPS) is 15.6. The van der Waals surface area contributed by atoms with E-state index in [1.54, 1.807) is 25.3 Å². The van der Waals surface area contributed by atoms with Crippen LogP contribution in [0.5, 0.6) is 17.2 Å². The van der Waals surface area contributed by atoms with Gasteiger partial charge in [-0.15, -0.1) is 0 Å². The number of benzene rings is 2. The lowest BCUT2D eigenvalue weighted by Crippen LogP contribution is -2.42. The molecule has 0 saturated heterocycles. The van der Waals surface area contributed by atoms with Crippen LogP contribution in [-0.2, 0) is 4.79 Å². The number of carbonyl (C=O) groups is 1. The van der Waals surface area contributed by atoms with Gasteiger partial charge in [0.05, 0.1) is 19.3 Å². The van der Waals surface area contributed by atoms with Crippen molar-refractivity contribution in [3.8, 4) is 17.2 Å². The van der Waals surface area contributed by atoms with Gasteiger partial charge in [0, 0.05) is 11.6 Å². The number of amides is 1. The van der Waals surface area contributed by atoms with E-state index in [4.69, 9.17) is 25.8 Å². The van der Waals surface area contributed by atoms with E-state index in [0.717, 1.165) is 11.5 Å². The van der Waals surface area contributed by atoms with E-state index in [9.17, 15) is 4.79 Å². The summed E-state index contributed by atoms with van der Waals surface area (Å²) in [7, 11) is 3.40. The van der Waals surface area contributed by atoms with Crippen molar-refractivity contribution in [2.24, 2.45) is 0 Å². The molecule has 0 saturated carbocycles. The van der Waals surface area contributed by atoms with E-state index in [1.165, 1.54) is 0 Å². The predicted molar refractivity (Wildman–Crippen MR) is 100 cm³/mol. The number of ether oxygens (including phenoxy) is 3. The van der Waals surface area contributed by atoms with Crippen molar-refractivity contribution in [1.82, 2.24) is 4.90 Å². The second-order valence-corrected chi connectivity index (χ2v) is 6.52. The van der Waals surface area contributed by atoms with E-state index in [2.05, 4.69) is 5.32 Å². The van der Waals surface area contributed by atoms with Crippen LogP contribution < -0.4 is 19.5 Å². The van der Waals surface area contributed by atoms with Crippen LogP contribution in [0, 0.1) is 0 Å². The topological polar surface area (TPSA) is 60.0 Å². The molecule has 1 amide bonds. The quantitative estimate of drug-likeness (QED) is 0.839. The maximum absolute atomic E-state index is 12.3. The third kappa shape index (κ3) is 4.59. The maximum Gasteiger partial charge on any atom is 0.238 e. The second kappa shape index (κ2) is 8.29. The van der Waals surface area contributed by atoms with Gasteiger partial charge in [-0.25, -0.2) is 0 Å². The molecule has 1 aliphatic heterocycles. The summed E-state index contributed by atoms with van der Waals surface area (Å²) >= 11 is 5.99. The molecule has 1 heterocycles. The van der Waals surface area contributed by atoms with Crippen LogP contribution in [0.15, 0.2) is 42.5 Å². The van der Waals surface area contributed by atoms with Crippen molar-refractivity contribution < 1.29 is 19.0 Å². The van der Waals surface area contributed by atoms with Crippen molar-refractivity contribution in [3.63, 3.8) is 0 Å². The summed E-state index contributed by atoms with van der Waals surface area (Å²) in [5.74, 6) is 1.87. The van der Waals surface area contributed by atoms with Crippen LogP contribution in [-0.4, -0.2) is 50.8 Å². The minimum absolute atomic E-state index is 0.136. The SMILES string of the molecule is COc1ccc(Cl)cc1NC(=O)CN(C)CC1COc2ccccc2O1. The highest BCUT2D eigenvalue weighted by atomic mass is 35.5. The molecule has 1 N–H and O–H groups in total. The maximum atomic E-state index is 12.3. The zero-order chi connectivity index (χ0) is 18.5. The number of hydrogen-bond acceptors (Lipinski definition) is 5. The fourth-order valence-electron chi connectivity index (χ4n) is 2.78. The monoisotopic (exact) mass is 376 g/mol. The Bertz CT molecular complexity index is 784. The Hall–Kier alpha value is -2.44. The Labute approximate surface area is 157 Å². The number of rotatable bonds is 6. The molecule has 1 unspecified atom stereocenters. The smallest absolute Gasteiger partial charge is 0.238 e. The predicted octanol–water partition coefficient (Wildman–Crippen LogP) is 3.06. The highest BCUT2D eigenvalue weighted by molar-refractivity contribution is 6.31. The van der Waals surface area contributed by atoms with Gasteiger partial charge >= 0.3 is 0 Å². The van der Waals surface area contributed by atoms with Gasteiger partial charge in [0.15, 0.2) is 11.5 Å². The summed E-state index contributed by atoms with van der Waals surface area (Å²) in [6, 6.07) is 12.6. The summed E-state index contributed by atoms with van der Waals surface area (Å²) in [4.78, 5) is 14.2. The van der Waals surface area contributed by atoms with Gasteiger partial charge in [0.25, 0.3) is 0 Å². The number of halogens is 1. The number of nitrogens with zero attached hydrogens (tertiary/aromatic N) is 1. The number of carbonyl (C=O) groups excluding carboxylic acids is 1. The summed E-state index contributed by atoms with van der Waals surface area (Å²) < 4.78 is 16.9. The molecule has 0 spiro atoms. The van der Waals surface area contributed by atoms with Crippen LogP contribution in [0.3, 0.4) is 0 Å². The highest BCUT2D eigenvalue weighted by Gasteiger charge is 2.22. The fourth-order valence-corrected chi connectivity index (χ4v) is 2.95. The number of methoxy groups -OCH3 is 1. The Morgan fingerprint density at radius 3 is 2.85 bits per heavy atom. The molecule has 6 nitrogen and oxygen atoms in total. The van der Waals surface area contributed by atoms with Gasteiger partial charge in [-0.05, 0) is 37.4 Å². The molecule has 3 rings (SSSR count). The van der Waals surface area contributed by atoms with Crippen LogP contribution >= 0.6 is 11.6 Å². The van der Waals surface area contributed by atoms with Gasteiger partial charge in [0.2, 0.25) is 5.91 Å². The molecule has 0 aromatic heterocycles. The lowest BCUT2D eigenvalue weighted by atomic mass is 10.2. The van der Waals surface area contributed by atoms with Gasteiger partial charge in [-0.2, -0.15) is 0 Å². The third-order valence-electron chi connectivity index (χ3n) is 3.93. The van der Waals surface area contributed by atoms with Crippen molar-refractivity contribution in [2.75, 3.05) is 39.2 Å². The van der Waals surface area contributed by atoms with E-state index < -0.39 is 0 Å². The zero-order valence-corrected chi connectivity index (χ0v) is 15.5. The summed E-state index contributed by atoms with van der Waals surface area (Å²) in [5, 5.41) is 3.35. The lowest BCUT2D eigenvalue weighted by Gasteiger charge is -2.29. The minimum Gasteiger partial charge on any atom is -0.495 e. The van der Waals surface area contributed by atoms with Crippen molar-refractivity contribution in [1.29, 1.82) is 0 Å². The average Bonchev–Trinajstić information content (AvgIpc) is 2.61. The highest BCUT2D eigenvalue weighted by Crippen LogP contribution is 2.31. The first-order valence-electron chi connectivity index (χ1n) is 8.25. The van der Waals surface area contributed by atoms with Gasteiger partial charge in [0.1, 0.15) is 18.5 Å². The largest absolute Gasteiger partial charge is 0.495 e. The fraction of sp³-hybridized carbons (Fsp3) is 0.316. The van der Waals surface area contributed by atoms with Crippen LogP contribution in [0.4, 0.5) is 5.69 Å². The first kappa shape index (κ1) is 18.4. The van der Waals surface area contributed by atoms with Crippen LogP contribution in [0.1, 0.15) is 0 Å². The van der Waals surface area contributed by atoms with Crippen molar-refractivity contribution >= 4 is 23.2 Å². The molecule has 2 aromatic carbocycles. The van der Waals surface area contributed by atoms with E-state index in [-0.39, 0.29) is 18.6 Å². The first-order valence-corrected chi connectivity index (χ1v) is 8.63. The molecule has 0 bridgehead atoms. The Kier molecular flexibility index (Phi) is 5.85. The number of likely N-dealkylation sites (N-methyl/N-ethyl adjacent to an activating group) is 1. The molecule has 138 valence electrons. The molecule has 7 heteroatoms. The minimum atomic E-state index is -0.162. The van der Waals surface area contributed by atoms with Crippen LogP contribution in [0.2, 0.25) is 5.02 Å². The van der Waals surface area contributed by atoms with Crippen molar-refractivity contribution in [3.05, 3.63) is 47.5 Å². The summed E-state index contributed by atoms with van der Waals surface area (Å²) in [5.41, 5.74) is 0.546. The summed E-state index contributed by atoms with van der Waals surface area (Å²) in [6.07, 6.45) is -0.136. The first-order chi connectivity index (χ1) is 12.5. The zero-order valence-electron chi connectivity index (χ0n) is 14.7. The van der Waals surface area contributed by atoms with Crippen LogP contribution in [0.25, 0.3) is 0 Å². The van der Waals surface area contributed by atoms with E-state index >= 15 is 0 Å². The molecule has 0 radical (unpaired) electrons. The third-order valence-corrected chi connectivity index (χ3v) is 4.17.